The number of carbonyl (C=O) groups excluding carboxylic acids is 6. The van der Waals surface area contributed by atoms with Gasteiger partial charge < -0.3 is 50.0 Å². The summed E-state index contributed by atoms with van der Waals surface area (Å²) in [6, 6.07) is 46.1. The Morgan fingerprint density at radius 3 is 1.45 bits per heavy atom. The number of fused-ring (bicyclic) bond motifs is 4. The second-order valence-electron chi connectivity index (χ2n) is 22.7. The van der Waals surface area contributed by atoms with Crippen LogP contribution in [0, 0.1) is 0 Å². The number of carbonyl (C=O) groups is 8. The topological polar surface area (TPSA) is 346 Å². The van der Waals surface area contributed by atoms with E-state index in [9.17, 15) is 43.5 Å². The van der Waals surface area contributed by atoms with E-state index >= 15 is 0 Å². The number of aromatic carboxylic acids is 2. The van der Waals surface area contributed by atoms with E-state index < -0.39 is 36.8 Å². The van der Waals surface area contributed by atoms with Crippen LogP contribution in [0.1, 0.15) is 129 Å². The number of rotatable bonds is 9. The Labute approximate surface area is 630 Å². The number of carboxylic acid groups (broad SMARTS) is 2. The molecule has 0 aliphatic carbocycles. The van der Waals surface area contributed by atoms with Gasteiger partial charge in [0.25, 0.3) is 23.6 Å². The van der Waals surface area contributed by atoms with Gasteiger partial charge in [0.15, 0.2) is 22.4 Å². The number of hydrogen-bond acceptors (Lipinski definition) is 23. The number of aromatic hydroxyl groups is 4. The standard InChI is InChI=1S/C18H17NO4S.C10H10O3S.C9H6BrNO2.C9H10OS.C7H6O3S.C7H8O2S.C7H6O2S.C4H7BO.Mn.2O/c1-24(2,15-9-5-6-12(10-20)16(15)21)11-19-17(22)13-7-3-4-8-14(13)18(19)23;1-10(2)13-8-6(9(11)12)4-3-5-7(8)14-10;10-5-11-8(12)6-3-1-2-4-7(6)9(11)13;1-9(2)10-7-5-3-4-6-8(7)11-9;8-6-4(7(9)10)2-1-3-5(6)11;2*8-4-5-2-1-3-6(10)7(5)9;5-4-2-1-3-6-4;;;/h3-10,21H,11H2,1-2H3;3-5H,1-2H3,(H,11,12);1-4H,5H2;3-6H,1-2H3;1-3,8,11H,(H,9,10);1-3,8-10H,4H2;1-4,9-10H;4H,1-3H2;;;. The monoisotopic (exact) mass is 1610 g/mol. The summed E-state index contributed by atoms with van der Waals surface area (Å²) in [5, 5.41) is 63.7. The van der Waals surface area contributed by atoms with Gasteiger partial charge in [0, 0.05) is 37.8 Å². The van der Waals surface area contributed by atoms with Gasteiger partial charge in [-0.1, -0.05) is 112 Å². The first-order valence-corrected chi connectivity index (χ1v) is 37.6. The number of ether oxygens (including phenoxy) is 3. The second kappa shape index (κ2) is 39.5. The number of imide groups is 2. The van der Waals surface area contributed by atoms with Crippen molar-refractivity contribution in [3.05, 3.63) is 214 Å². The molecule has 7 N–H and O–H groups in total. The number of thioether (sulfide) groups is 2. The van der Waals surface area contributed by atoms with Gasteiger partial charge in [-0.25, -0.2) is 9.59 Å². The van der Waals surface area contributed by atoms with E-state index in [0.717, 1.165) is 30.1 Å². The van der Waals surface area contributed by atoms with Gasteiger partial charge in [-0.2, -0.15) is 10.0 Å². The second-order valence-corrected chi connectivity index (χ2v) is 31.9. The molecule has 8 aromatic carbocycles. The third-order valence-corrected chi connectivity index (χ3v) is 20.5. The summed E-state index contributed by atoms with van der Waals surface area (Å²) in [6.07, 6.45) is 7.17. The number of hydrogen-bond donors (Lipinski definition) is 10. The molecule has 22 nitrogen and oxygen atoms in total. The quantitative estimate of drug-likeness (QED) is 0.0160. The number of para-hydroxylation sites is 6. The van der Waals surface area contributed by atoms with E-state index in [1.54, 1.807) is 115 Å². The molecule has 1 unspecified atom stereocenters. The maximum atomic E-state index is 12.5. The molecule has 8 aromatic rings. The number of aldehydes is 2. The Hall–Kier alpha value is -8.20. The van der Waals surface area contributed by atoms with Gasteiger partial charge in [0.1, 0.15) is 53.5 Å². The third-order valence-electron chi connectivity index (χ3n) is 14.2. The molecule has 31 heteroatoms. The first-order chi connectivity index (χ1) is 48.2. The number of aliphatic hydroxyl groups excluding tert-OH is 1. The normalized spacial score (nSPS) is 14.8. The van der Waals surface area contributed by atoms with Crippen molar-refractivity contribution in [1.82, 2.24) is 9.80 Å². The van der Waals surface area contributed by atoms with Crippen LogP contribution in [0.2, 0.25) is 0 Å². The summed E-state index contributed by atoms with van der Waals surface area (Å²) in [4.78, 5) is 96.4. The molecule has 0 spiro atoms. The summed E-state index contributed by atoms with van der Waals surface area (Å²) in [7, 11) is 3.60. The first kappa shape index (κ1) is 84.5. The predicted octanol–water partition coefficient (Wildman–Crippen LogP) is 14.1. The zero-order valence-corrected chi connectivity index (χ0v) is 63.2. The van der Waals surface area contributed by atoms with Crippen LogP contribution < -0.4 is 9.47 Å². The van der Waals surface area contributed by atoms with Crippen LogP contribution in [0.15, 0.2) is 193 Å². The Bertz CT molecular complexity index is 4310. The number of alkyl halides is 1. The molecule has 5 heterocycles. The summed E-state index contributed by atoms with van der Waals surface area (Å²) in [5.74, 6) is -1.84. The molecule has 1 saturated heterocycles. The number of amides is 4. The molecule has 0 aromatic heterocycles. The molecule has 102 heavy (non-hydrogen) atoms. The number of thiol groups is 3. The third kappa shape index (κ3) is 23.2. The predicted molar refractivity (Wildman–Crippen MR) is 395 cm³/mol. The van der Waals surface area contributed by atoms with Gasteiger partial charge >= 0.3 is 34.4 Å². The summed E-state index contributed by atoms with van der Waals surface area (Å²) < 4.78 is 33.0. The zero-order chi connectivity index (χ0) is 75.8. The van der Waals surface area contributed by atoms with Crippen LogP contribution in [-0.2, 0) is 33.8 Å². The average Bonchev–Trinajstić information content (AvgIpc) is 1.59. The number of halogens is 1. The fraction of sp³-hybridized carbons (Fsp3) is 0.211. The number of phenols is 4. The molecule has 1 fully saturated rings. The number of benzene rings is 8. The molecule has 0 saturated carbocycles. The Kier molecular flexibility index (Phi) is 32.7. The average molecular weight is 1610 g/mol. The number of phenolic OH excluding ortho intramolecular Hbond substituents is 2. The summed E-state index contributed by atoms with van der Waals surface area (Å²) in [5.41, 5.74) is 3.14. The van der Waals surface area contributed by atoms with Crippen molar-refractivity contribution in [1.29, 1.82) is 0 Å². The molecular formula is C71H70BBrMnN2O20S6. The fourth-order valence-electron chi connectivity index (χ4n) is 9.40. The fourth-order valence-corrected chi connectivity index (χ4v) is 14.7. The molecule has 537 valence electrons. The molecule has 5 aliphatic rings. The van der Waals surface area contributed by atoms with Crippen molar-refractivity contribution in [3.63, 3.8) is 0 Å². The number of nitrogens with zero attached hydrogens (tertiary/aromatic N) is 2. The van der Waals surface area contributed by atoms with Crippen LogP contribution in [0.5, 0.6) is 34.5 Å². The van der Waals surface area contributed by atoms with Crippen LogP contribution in [0.25, 0.3) is 0 Å². The van der Waals surface area contributed by atoms with Gasteiger partial charge in [-0.05, 0) is 144 Å². The van der Waals surface area contributed by atoms with E-state index in [-0.39, 0.29) is 108 Å². The summed E-state index contributed by atoms with van der Waals surface area (Å²) >= 11 is 16.7. The molecule has 1 atom stereocenters. The van der Waals surface area contributed by atoms with Gasteiger partial charge in [0.05, 0.1) is 61.1 Å². The maximum absolute atomic E-state index is 12.5. The Morgan fingerprint density at radius 2 is 1.01 bits per heavy atom. The van der Waals surface area contributed by atoms with Crippen molar-refractivity contribution >= 4 is 143 Å². The van der Waals surface area contributed by atoms with Crippen LogP contribution in [0.3, 0.4) is 0 Å². The molecule has 0 bridgehead atoms. The number of carboxylic acids is 2. The van der Waals surface area contributed by atoms with Crippen molar-refractivity contribution in [2.24, 2.45) is 0 Å². The molecule has 13 rings (SSSR count). The zero-order valence-electron chi connectivity index (χ0n) is 55.3. The molecule has 4 amide bonds. The first-order valence-electron chi connectivity index (χ1n) is 30.0. The van der Waals surface area contributed by atoms with Crippen molar-refractivity contribution < 1.29 is 111 Å². The minimum absolute atomic E-state index is 0.0463. The van der Waals surface area contributed by atoms with Gasteiger partial charge in [0.2, 0.25) is 0 Å². The van der Waals surface area contributed by atoms with Crippen LogP contribution >= 0.6 is 87.4 Å². The van der Waals surface area contributed by atoms with Crippen LogP contribution in [-0.4, -0.2) is 148 Å². The molecule has 2 radical (unpaired) electrons. The van der Waals surface area contributed by atoms with E-state index in [0.29, 0.717) is 60.8 Å². The Balaban J connectivity index is 0.000000214. The number of aliphatic hydroxyl groups is 1. The summed E-state index contributed by atoms with van der Waals surface area (Å²) in [6.45, 7) is 8.71. The van der Waals surface area contributed by atoms with E-state index in [4.69, 9.17) is 60.4 Å². The van der Waals surface area contributed by atoms with Gasteiger partial charge in [-0.15, -0.1) is 37.9 Å². The van der Waals surface area contributed by atoms with E-state index in [2.05, 4.69) is 73.7 Å². The van der Waals surface area contributed by atoms with E-state index in [1.165, 1.54) is 56.8 Å². The minimum atomic E-state index is -1.72. The molecular weight excluding hydrogens is 1540 g/mol. The Morgan fingerprint density at radius 1 is 0.588 bits per heavy atom. The van der Waals surface area contributed by atoms with Crippen molar-refractivity contribution in [2.75, 3.05) is 30.4 Å². The van der Waals surface area contributed by atoms with E-state index in [1.807, 2.05) is 50.6 Å². The van der Waals surface area contributed by atoms with Crippen molar-refractivity contribution in [2.45, 2.75) is 92.4 Å². The van der Waals surface area contributed by atoms with Gasteiger partial charge in [-0.3, -0.25) is 38.6 Å². The SMILES string of the molecule is CC1(C)Oc2c(cccc2C(=O)O)S1.CC1(C)Oc2ccccc2S1.CS(C)(CN1C(=O)c2ccccc2C1=O)c1cccc(C=O)c1O.O=C(O)c1cccc(S)c1O.O=C1c2ccccc2C(=O)N1CBr.O=Cc1cccc(S)c1O.OCc1cccc(S)c1O.[B]C1CCCO1.[O]=[Mn]=[O]. The van der Waals surface area contributed by atoms with Crippen molar-refractivity contribution in [3.8, 4) is 34.5 Å². The molecule has 5 aliphatic heterocycles. The van der Waals surface area contributed by atoms with Crippen LogP contribution in [0.4, 0.5) is 0 Å².